The van der Waals surface area contributed by atoms with Gasteiger partial charge in [0.2, 0.25) is 0 Å². The molecule has 0 unspecified atom stereocenters. The summed E-state index contributed by atoms with van der Waals surface area (Å²) >= 11 is 0. The molecule has 3 nitrogen and oxygen atoms in total. The average Bonchev–Trinajstić information content (AvgIpc) is 3.39. The number of anilines is 2. The summed E-state index contributed by atoms with van der Waals surface area (Å²) in [7, 11) is 0. The molecule has 0 amide bonds. The van der Waals surface area contributed by atoms with E-state index in [9.17, 15) is 5.41 Å². The van der Waals surface area contributed by atoms with Crippen molar-refractivity contribution in [3.05, 3.63) is 193 Å². The molecular formula is C41H45HfN3. The van der Waals surface area contributed by atoms with E-state index in [0.717, 1.165) is 47.6 Å². The molecular weight excluding hydrogens is 713 g/mol. The summed E-state index contributed by atoms with van der Waals surface area (Å²) in [5, 5.41) is 10.9. The second-order valence-corrected chi connectivity index (χ2v) is 10.8. The molecule has 0 bridgehead atoms. The van der Waals surface area contributed by atoms with Crippen LogP contribution >= 0.6 is 0 Å². The minimum absolute atomic E-state index is 0. The molecule has 1 aliphatic heterocycles. The summed E-state index contributed by atoms with van der Waals surface area (Å²) in [5.41, 5.74) is 10.4. The average molecular weight is 758 g/mol. The molecule has 1 saturated heterocycles. The standard InChI is InChI=1S/C20H24N3.3C7H7.Hf/c1-5-17-8-6-7-9-18(17)22-10-11-23(20(22)21)19-15(3)12-14(2)13-16(19)4;3*1-7-5-3-2-4-6-7;/h6-9,12-13H,5,10-11H2,1-4H3;3*2-6H,1H2;/q4*-1;+4. The van der Waals surface area contributed by atoms with E-state index < -0.39 is 0 Å². The number of guanidine groups is 1. The van der Waals surface area contributed by atoms with Gasteiger partial charge in [-0.1, -0.05) is 67.1 Å². The van der Waals surface area contributed by atoms with E-state index in [4.69, 9.17) is 0 Å². The van der Waals surface area contributed by atoms with Crippen LogP contribution in [-0.2, 0) is 32.3 Å². The molecule has 0 aromatic heterocycles. The number of rotatable bonds is 3. The molecule has 228 valence electrons. The molecule has 4 heteroatoms. The van der Waals surface area contributed by atoms with Crippen molar-refractivity contribution in [2.75, 3.05) is 22.9 Å². The Bertz CT molecular complexity index is 1450. The van der Waals surface area contributed by atoms with E-state index in [2.05, 4.69) is 78.8 Å². The van der Waals surface area contributed by atoms with Crippen LogP contribution in [0.15, 0.2) is 127 Å². The molecule has 45 heavy (non-hydrogen) atoms. The number of hydrogen-bond acceptors (Lipinski definition) is 0. The maximum absolute atomic E-state index is 10.9. The molecule has 0 atom stereocenters. The van der Waals surface area contributed by atoms with E-state index >= 15 is 0 Å². The van der Waals surface area contributed by atoms with Crippen molar-refractivity contribution in [1.29, 1.82) is 0 Å². The van der Waals surface area contributed by atoms with Gasteiger partial charge in [-0.05, 0) is 68.3 Å². The predicted octanol–water partition coefficient (Wildman–Crippen LogP) is 10.0. The van der Waals surface area contributed by atoms with E-state index in [1.807, 2.05) is 107 Å². The third kappa shape index (κ3) is 11.7. The Morgan fingerprint density at radius 1 is 0.578 bits per heavy atom. The molecule has 0 N–H and O–H groups in total. The minimum atomic E-state index is 0. The van der Waals surface area contributed by atoms with Crippen molar-refractivity contribution < 1.29 is 25.8 Å². The van der Waals surface area contributed by atoms with Gasteiger partial charge in [0.25, 0.3) is 0 Å². The van der Waals surface area contributed by atoms with Gasteiger partial charge in [0, 0.05) is 5.96 Å². The molecule has 0 saturated carbocycles. The first-order chi connectivity index (χ1) is 21.2. The van der Waals surface area contributed by atoms with Crippen molar-refractivity contribution in [1.82, 2.24) is 0 Å². The van der Waals surface area contributed by atoms with E-state index in [1.54, 1.807) is 0 Å². The van der Waals surface area contributed by atoms with Gasteiger partial charge in [-0.15, -0.1) is 36.4 Å². The van der Waals surface area contributed by atoms with Crippen LogP contribution < -0.4 is 9.80 Å². The number of aryl methyl sites for hydroxylation is 4. The maximum Gasteiger partial charge on any atom is 4.00 e. The van der Waals surface area contributed by atoms with Gasteiger partial charge < -0.3 is 15.2 Å². The van der Waals surface area contributed by atoms with Gasteiger partial charge >= 0.3 is 25.8 Å². The van der Waals surface area contributed by atoms with Gasteiger partial charge in [0.15, 0.2) is 0 Å². The fourth-order valence-corrected chi connectivity index (χ4v) is 5.09. The largest absolute Gasteiger partial charge is 4.00 e. The van der Waals surface area contributed by atoms with Crippen LogP contribution in [0, 0.1) is 41.5 Å². The van der Waals surface area contributed by atoms with Crippen LogP contribution in [0.5, 0.6) is 0 Å². The van der Waals surface area contributed by atoms with Gasteiger partial charge in [-0.2, -0.15) is 73.9 Å². The minimum Gasteiger partial charge on any atom is -0.397 e. The van der Waals surface area contributed by atoms with Crippen molar-refractivity contribution in [2.24, 2.45) is 0 Å². The Labute approximate surface area is 291 Å². The summed E-state index contributed by atoms with van der Waals surface area (Å²) in [6.07, 6.45) is 0.961. The molecule has 1 fully saturated rings. The SMILES string of the molecule is CCc1ccccc1N1CCN(c2c(C)cc(C)cc2C)C1=[N-].[CH2-]c1ccccc1.[CH2-]c1ccccc1.[CH2-]c1ccccc1.[Hf+4]. The molecule has 0 aliphatic carbocycles. The van der Waals surface area contributed by atoms with Crippen molar-refractivity contribution in [3.63, 3.8) is 0 Å². The quantitative estimate of drug-likeness (QED) is 0.136. The van der Waals surface area contributed by atoms with Crippen molar-refractivity contribution in [2.45, 2.75) is 34.1 Å². The number of nitrogens with zero attached hydrogens (tertiary/aromatic N) is 3. The van der Waals surface area contributed by atoms with Crippen LogP contribution in [0.1, 0.15) is 45.9 Å². The second-order valence-electron chi connectivity index (χ2n) is 10.8. The number of hydrogen-bond donors (Lipinski definition) is 0. The Balaban J connectivity index is 0.000000259. The van der Waals surface area contributed by atoms with Crippen molar-refractivity contribution in [3.8, 4) is 0 Å². The van der Waals surface area contributed by atoms with Gasteiger partial charge in [0.1, 0.15) is 0 Å². The fraction of sp³-hybridized carbons (Fsp3) is 0.171. The Hall–Kier alpha value is -4.15. The Morgan fingerprint density at radius 3 is 1.33 bits per heavy atom. The Morgan fingerprint density at radius 2 is 0.956 bits per heavy atom. The van der Waals surface area contributed by atoms with Gasteiger partial charge in [0.05, 0.1) is 0 Å². The monoisotopic (exact) mass is 759 g/mol. The topological polar surface area (TPSA) is 28.8 Å². The van der Waals surface area contributed by atoms with E-state index in [0.29, 0.717) is 5.96 Å². The van der Waals surface area contributed by atoms with Crippen LogP contribution in [0.4, 0.5) is 11.4 Å². The summed E-state index contributed by atoms with van der Waals surface area (Å²) in [5.74, 6) is 0.334. The second kappa shape index (κ2) is 19.3. The van der Waals surface area contributed by atoms with Gasteiger partial charge in [-0.3, -0.25) is 0 Å². The number of benzene rings is 5. The fourth-order valence-electron chi connectivity index (χ4n) is 5.09. The van der Waals surface area contributed by atoms with E-state index in [1.165, 1.54) is 22.3 Å². The van der Waals surface area contributed by atoms with Crippen LogP contribution in [-0.4, -0.2) is 19.0 Å². The summed E-state index contributed by atoms with van der Waals surface area (Å²) in [6.45, 7) is 21.3. The molecule has 1 heterocycles. The first kappa shape index (κ1) is 37.0. The normalized spacial score (nSPS) is 11.5. The zero-order valence-electron chi connectivity index (χ0n) is 27.2. The zero-order chi connectivity index (χ0) is 31.9. The molecule has 0 radical (unpaired) electrons. The first-order valence-electron chi connectivity index (χ1n) is 15.1. The van der Waals surface area contributed by atoms with Crippen molar-refractivity contribution >= 4 is 17.3 Å². The van der Waals surface area contributed by atoms with Crippen LogP contribution in [0.2, 0.25) is 0 Å². The molecule has 5 aromatic rings. The van der Waals surface area contributed by atoms with Crippen LogP contribution in [0.3, 0.4) is 0 Å². The molecule has 1 aliphatic rings. The summed E-state index contributed by atoms with van der Waals surface area (Å²) < 4.78 is 0. The summed E-state index contributed by atoms with van der Waals surface area (Å²) in [6, 6.07) is 42.3. The molecule has 0 spiro atoms. The summed E-state index contributed by atoms with van der Waals surface area (Å²) in [4.78, 5) is 4.06. The maximum atomic E-state index is 10.9. The third-order valence-electron chi connectivity index (χ3n) is 7.13. The molecule has 6 rings (SSSR count). The van der Waals surface area contributed by atoms with Crippen LogP contribution in [0.25, 0.3) is 5.41 Å². The predicted molar refractivity (Wildman–Crippen MR) is 192 cm³/mol. The molecule has 5 aromatic carbocycles. The smallest absolute Gasteiger partial charge is 0.397 e. The zero-order valence-corrected chi connectivity index (χ0v) is 30.8. The van der Waals surface area contributed by atoms with E-state index in [-0.39, 0.29) is 25.8 Å². The Kier molecular flexibility index (Phi) is 15.9. The first-order valence-corrected chi connectivity index (χ1v) is 15.1. The van der Waals surface area contributed by atoms with Gasteiger partial charge in [-0.25, -0.2) is 0 Å². The third-order valence-corrected chi connectivity index (χ3v) is 7.13. The number of para-hydroxylation sites is 1.